The van der Waals surface area contributed by atoms with E-state index in [1.165, 1.54) is 7.11 Å². The van der Waals surface area contributed by atoms with Gasteiger partial charge < -0.3 is 9.47 Å². The molecule has 0 fully saturated rings. The second kappa shape index (κ2) is 3.63. The molecule has 0 amide bonds. The monoisotopic (exact) mass is 220 g/mol. The third kappa shape index (κ3) is 1.46. The van der Waals surface area contributed by atoms with Crippen molar-refractivity contribution in [3.05, 3.63) is 29.8 Å². The number of carbonyl (C=O) groups is 2. The van der Waals surface area contributed by atoms with Crippen molar-refractivity contribution in [3.63, 3.8) is 0 Å². The Balaban J connectivity index is 2.40. The molecule has 2 rings (SSSR count). The van der Waals surface area contributed by atoms with Crippen LogP contribution in [-0.2, 0) is 19.7 Å². The van der Waals surface area contributed by atoms with E-state index in [-0.39, 0.29) is 6.42 Å². The maximum atomic E-state index is 11.8. The fraction of sp³-hybridized carbons (Fsp3) is 0.333. The van der Waals surface area contributed by atoms with Gasteiger partial charge in [0.25, 0.3) is 0 Å². The molecule has 1 aliphatic rings. The van der Waals surface area contributed by atoms with Crippen LogP contribution in [0.15, 0.2) is 24.3 Å². The van der Waals surface area contributed by atoms with Gasteiger partial charge in [0.05, 0.1) is 13.5 Å². The number of rotatable bonds is 2. The normalized spacial score (nSPS) is 22.5. The van der Waals surface area contributed by atoms with Crippen LogP contribution in [0.1, 0.15) is 18.9 Å². The summed E-state index contributed by atoms with van der Waals surface area (Å²) in [4.78, 5) is 23.1. The first-order valence-corrected chi connectivity index (χ1v) is 4.96. The lowest BCUT2D eigenvalue weighted by molar-refractivity contribution is -0.148. The molecule has 4 nitrogen and oxygen atoms in total. The average molecular weight is 220 g/mol. The quantitative estimate of drug-likeness (QED) is 0.558. The molecule has 0 radical (unpaired) electrons. The molecular formula is C12H12O4. The lowest BCUT2D eigenvalue weighted by Crippen LogP contribution is -2.33. The van der Waals surface area contributed by atoms with E-state index in [1.54, 1.807) is 25.1 Å². The molecule has 4 heteroatoms. The van der Waals surface area contributed by atoms with Crippen molar-refractivity contribution >= 4 is 11.9 Å². The van der Waals surface area contributed by atoms with Crippen molar-refractivity contribution < 1.29 is 19.1 Å². The predicted molar refractivity (Wildman–Crippen MR) is 56.1 cm³/mol. The molecule has 0 unspecified atom stereocenters. The van der Waals surface area contributed by atoms with E-state index in [0.29, 0.717) is 5.75 Å². The van der Waals surface area contributed by atoms with E-state index >= 15 is 0 Å². The number of carbonyl (C=O) groups excluding carboxylic acids is 2. The molecule has 0 aliphatic carbocycles. The molecule has 0 aromatic heterocycles. The zero-order valence-electron chi connectivity index (χ0n) is 9.15. The molecule has 0 spiro atoms. The highest BCUT2D eigenvalue weighted by atomic mass is 16.5. The summed E-state index contributed by atoms with van der Waals surface area (Å²) in [5, 5.41) is 0. The lowest BCUT2D eigenvalue weighted by atomic mass is 9.81. The molecule has 0 bridgehead atoms. The van der Waals surface area contributed by atoms with E-state index in [1.807, 2.05) is 6.07 Å². The van der Waals surface area contributed by atoms with Gasteiger partial charge in [-0.05, 0) is 13.0 Å². The van der Waals surface area contributed by atoms with Crippen molar-refractivity contribution in [1.82, 2.24) is 0 Å². The molecule has 16 heavy (non-hydrogen) atoms. The first-order chi connectivity index (χ1) is 7.58. The van der Waals surface area contributed by atoms with Crippen LogP contribution < -0.4 is 4.74 Å². The molecule has 1 aromatic rings. The summed E-state index contributed by atoms with van der Waals surface area (Å²) in [6.45, 7) is 1.69. The Bertz CT molecular complexity index is 452. The molecule has 1 atom stereocenters. The summed E-state index contributed by atoms with van der Waals surface area (Å²) in [5.41, 5.74) is -0.186. The van der Waals surface area contributed by atoms with Gasteiger partial charge >= 0.3 is 11.9 Å². The smallest absolute Gasteiger partial charge is 0.322 e. The molecule has 0 saturated heterocycles. The predicted octanol–water partition coefficient (Wildman–Crippen LogP) is 1.43. The number of esters is 2. The van der Waals surface area contributed by atoms with E-state index in [9.17, 15) is 9.59 Å². The second-order valence-corrected chi connectivity index (χ2v) is 3.97. The topological polar surface area (TPSA) is 52.6 Å². The highest BCUT2D eigenvalue weighted by Crippen LogP contribution is 2.41. The molecule has 0 saturated carbocycles. The summed E-state index contributed by atoms with van der Waals surface area (Å²) in [6, 6.07) is 7.12. The summed E-state index contributed by atoms with van der Waals surface area (Å²) in [7, 11) is 1.30. The molecular weight excluding hydrogens is 208 g/mol. The highest BCUT2D eigenvalue weighted by molar-refractivity contribution is 5.94. The highest BCUT2D eigenvalue weighted by Gasteiger charge is 2.46. The van der Waals surface area contributed by atoms with Crippen LogP contribution in [0.25, 0.3) is 0 Å². The largest absolute Gasteiger partial charge is 0.469 e. The summed E-state index contributed by atoms with van der Waals surface area (Å²) >= 11 is 0. The Labute approximate surface area is 93.2 Å². The van der Waals surface area contributed by atoms with Gasteiger partial charge in [-0.1, -0.05) is 18.2 Å². The molecule has 84 valence electrons. The van der Waals surface area contributed by atoms with Crippen LogP contribution in [0.4, 0.5) is 0 Å². The van der Waals surface area contributed by atoms with Gasteiger partial charge in [0, 0.05) is 5.56 Å². The fourth-order valence-electron chi connectivity index (χ4n) is 1.86. The lowest BCUT2D eigenvalue weighted by Gasteiger charge is -2.18. The summed E-state index contributed by atoms with van der Waals surface area (Å²) in [6.07, 6.45) is -0.000648. The Morgan fingerprint density at radius 1 is 1.44 bits per heavy atom. The van der Waals surface area contributed by atoms with Gasteiger partial charge in [0.2, 0.25) is 0 Å². The summed E-state index contributed by atoms with van der Waals surface area (Å²) < 4.78 is 9.72. The van der Waals surface area contributed by atoms with Gasteiger partial charge in [-0.25, -0.2) is 0 Å². The maximum Gasteiger partial charge on any atom is 0.322 e. The van der Waals surface area contributed by atoms with Gasteiger partial charge in [-0.3, -0.25) is 9.59 Å². The number of fused-ring (bicyclic) bond motifs is 1. The third-order valence-corrected chi connectivity index (χ3v) is 2.86. The van der Waals surface area contributed by atoms with Crippen molar-refractivity contribution in [2.75, 3.05) is 7.11 Å². The number of methoxy groups -OCH3 is 1. The molecule has 1 aliphatic heterocycles. The maximum absolute atomic E-state index is 11.8. The van der Waals surface area contributed by atoms with Crippen LogP contribution in [0.2, 0.25) is 0 Å². The second-order valence-electron chi connectivity index (χ2n) is 3.97. The van der Waals surface area contributed by atoms with Gasteiger partial charge in [0.1, 0.15) is 11.2 Å². The third-order valence-electron chi connectivity index (χ3n) is 2.86. The van der Waals surface area contributed by atoms with Crippen molar-refractivity contribution in [3.8, 4) is 5.75 Å². The standard InChI is InChI=1S/C12H12O4/c1-12(7-10(13)15-2)8-5-3-4-6-9(8)16-11(12)14/h3-6H,7H2,1-2H3/t12-/m1/s1. The van der Waals surface area contributed by atoms with Crippen LogP contribution >= 0.6 is 0 Å². The molecule has 0 N–H and O–H groups in total. The fourth-order valence-corrected chi connectivity index (χ4v) is 1.86. The molecule has 1 aromatic carbocycles. The van der Waals surface area contributed by atoms with Crippen LogP contribution in [0.3, 0.4) is 0 Å². The van der Waals surface area contributed by atoms with Crippen molar-refractivity contribution in [2.45, 2.75) is 18.8 Å². The number of para-hydroxylation sites is 1. The van der Waals surface area contributed by atoms with Crippen LogP contribution in [0, 0.1) is 0 Å². The minimum atomic E-state index is -0.927. The number of ether oxygens (including phenoxy) is 2. The Hall–Kier alpha value is -1.84. The minimum absolute atomic E-state index is 0.000648. The van der Waals surface area contributed by atoms with Crippen LogP contribution in [-0.4, -0.2) is 19.0 Å². The van der Waals surface area contributed by atoms with Gasteiger partial charge in [-0.2, -0.15) is 0 Å². The minimum Gasteiger partial charge on any atom is -0.469 e. The van der Waals surface area contributed by atoms with Gasteiger partial charge in [0.15, 0.2) is 0 Å². The van der Waals surface area contributed by atoms with E-state index in [0.717, 1.165) is 5.56 Å². The zero-order valence-corrected chi connectivity index (χ0v) is 9.15. The van der Waals surface area contributed by atoms with E-state index in [4.69, 9.17) is 4.74 Å². The zero-order chi connectivity index (χ0) is 11.8. The molecule has 1 heterocycles. The van der Waals surface area contributed by atoms with E-state index < -0.39 is 17.4 Å². The van der Waals surface area contributed by atoms with Crippen molar-refractivity contribution in [2.24, 2.45) is 0 Å². The Kier molecular flexibility index (Phi) is 2.42. The summed E-state index contributed by atoms with van der Waals surface area (Å²) in [5.74, 6) is -0.297. The Morgan fingerprint density at radius 3 is 2.81 bits per heavy atom. The van der Waals surface area contributed by atoms with Crippen molar-refractivity contribution in [1.29, 1.82) is 0 Å². The van der Waals surface area contributed by atoms with E-state index in [2.05, 4.69) is 4.74 Å². The van der Waals surface area contributed by atoms with Gasteiger partial charge in [-0.15, -0.1) is 0 Å². The number of hydrogen-bond acceptors (Lipinski definition) is 4. The van der Waals surface area contributed by atoms with Crippen LogP contribution in [0.5, 0.6) is 5.75 Å². The first kappa shape index (κ1) is 10.7. The number of benzene rings is 1. The Morgan fingerprint density at radius 2 is 2.12 bits per heavy atom. The number of hydrogen-bond donors (Lipinski definition) is 0. The SMILES string of the molecule is COC(=O)C[C@@]1(C)C(=O)Oc2ccccc21. The first-order valence-electron chi connectivity index (χ1n) is 4.96. The average Bonchev–Trinajstić information content (AvgIpc) is 2.52.